The van der Waals surface area contributed by atoms with Crippen LogP contribution in [0.3, 0.4) is 0 Å². The predicted molar refractivity (Wildman–Crippen MR) is 166 cm³/mol. The molecule has 0 radical (unpaired) electrons. The van der Waals surface area contributed by atoms with E-state index in [4.69, 9.17) is 10.5 Å². The predicted octanol–water partition coefficient (Wildman–Crippen LogP) is 1.50. The van der Waals surface area contributed by atoms with Gasteiger partial charge in [-0.3, -0.25) is 19.4 Å². The van der Waals surface area contributed by atoms with E-state index in [1.165, 1.54) is 17.1 Å². The molecule has 0 unspecified atom stereocenters. The van der Waals surface area contributed by atoms with Gasteiger partial charge in [0.15, 0.2) is 11.6 Å². The lowest BCUT2D eigenvalue weighted by Gasteiger charge is -2.55. The van der Waals surface area contributed by atoms with E-state index in [9.17, 15) is 31.5 Å². The fraction of sp³-hybridized carbons (Fsp3) is 0.516. The molecule has 18 heteroatoms. The molecule has 3 aromatic rings. The first-order chi connectivity index (χ1) is 23.3. The summed E-state index contributed by atoms with van der Waals surface area (Å²) < 4.78 is 74.8. The second-order valence-corrected chi connectivity index (χ2v) is 13.2. The van der Waals surface area contributed by atoms with Crippen LogP contribution in [-0.4, -0.2) is 131 Å². The van der Waals surface area contributed by atoms with Crippen LogP contribution in [0.15, 0.2) is 36.7 Å². The second-order valence-electron chi connectivity index (χ2n) is 13.2. The van der Waals surface area contributed by atoms with E-state index in [1.54, 1.807) is 15.6 Å². The zero-order chi connectivity index (χ0) is 34.6. The summed E-state index contributed by atoms with van der Waals surface area (Å²) in [5, 5.41) is 7.02. The number of nitrogens with one attached hydrogen (secondary N) is 1. The third kappa shape index (κ3) is 7.02. The van der Waals surface area contributed by atoms with E-state index in [-0.39, 0.29) is 54.7 Å². The molecule has 4 saturated heterocycles. The number of pyridine rings is 1. The Hall–Kier alpha value is -4.42. The van der Waals surface area contributed by atoms with Gasteiger partial charge in [-0.25, -0.2) is 23.3 Å². The van der Waals surface area contributed by atoms with Crippen molar-refractivity contribution in [3.05, 3.63) is 47.8 Å². The molecule has 0 atom stereocenters. The lowest BCUT2D eigenvalue weighted by Crippen LogP contribution is -2.66. The fourth-order valence-corrected chi connectivity index (χ4v) is 6.63. The number of hydrogen-bond donors (Lipinski definition) is 2. The summed E-state index contributed by atoms with van der Waals surface area (Å²) in [5.74, 6) is -3.23. The maximum atomic E-state index is 14.0. The molecule has 7 rings (SSSR count). The van der Waals surface area contributed by atoms with E-state index < -0.39 is 23.6 Å². The number of carbonyl (C=O) groups is 2. The number of likely N-dealkylation sites (tertiary alicyclic amines) is 1. The molecule has 0 bridgehead atoms. The first kappa shape index (κ1) is 33.1. The van der Waals surface area contributed by atoms with Crippen molar-refractivity contribution in [1.82, 2.24) is 39.6 Å². The number of nitrogen functional groups attached to an aromatic ring is 1. The monoisotopic (exact) mass is 690 g/mol. The number of anilines is 2. The standard InChI is InChI=1S/C31H35F5N10O3/c32-30(33)16-43(17-30)3-1-2-25(47)39-11-26(48)44-6-4-42(5-7-44)12-20-8-23-28(45-14-29(15-45)18-49-19-29)40-27(41-46(23)13-20)21-10-38-24(37)9-22(21)31(34,35)36/h1-2,8-10,13H,3-7,11-12,14-19H2,(H2,37,38)(H,39,47)/b2-1+. The molecule has 4 fully saturated rings. The maximum Gasteiger partial charge on any atom is 0.417 e. The number of carbonyl (C=O) groups excluding carboxylic acids is 2. The first-order valence-electron chi connectivity index (χ1n) is 15.9. The molecule has 262 valence electrons. The van der Waals surface area contributed by atoms with Crippen LogP contribution >= 0.6 is 0 Å². The lowest BCUT2D eigenvalue weighted by molar-refractivity contribution is -0.137. The number of fused-ring (bicyclic) bond motifs is 1. The number of ether oxygens (including phenoxy) is 1. The number of alkyl halides is 5. The maximum absolute atomic E-state index is 14.0. The van der Waals surface area contributed by atoms with E-state index in [0.717, 1.165) is 17.8 Å². The fourth-order valence-electron chi connectivity index (χ4n) is 6.63. The Morgan fingerprint density at radius 1 is 1.04 bits per heavy atom. The normalized spacial score (nSPS) is 20.8. The van der Waals surface area contributed by atoms with Gasteiger partial charge in [0, 0.05) is 70.8 Å². The molecule has 13 nitrogen and oxygen atoms in total. The molecule has 4 aliphatic rings. The molecule has 49 heavy (non-hydrogen) atoms. The summed E-state index contributed by atoms with van der Waals surface area (Å²) in [6, 6.07) is 2.72. The smallest absolute Gasteiger partial charge is 0.384 e. The summed E-state index contributed by atoms with van der Waals surface area (Å²) in [6.45, 7) is 4.53. The highest BCUT2D eigenvalue weighted by Crippen LogP contribution is 2.42. The number of amides is 2. The lowest BCUT2D eigenvalue weighted by atomic mass is 9.78. The molecular weight excluding hydrogens is 655 g/mol. The topological polar surface area (TPSA) is 137 Å². The molecule has 3 aromatic heterocycles. The van der Waals surface area contributed by atoms with Gasteiger partial charge in [0.2, 0.25) is 11.8 Å². The van der Waals surface area contributed by atoms with Gasteiger partial charge in [0.05, 0.1) is 49.4 Å². The van der Waals surface area contributed by atoms with Crippen molar-refractivity contribution in [2.24, 2.45) is 5.41 Å². The summed E-state index contributed by atoms with van der Waals surface area (Å²) in [5.41, 5.74) is 5.92. The molecule has 3 N–H and O–H groups in total. The average molecular weight is 691 g/mol. The molecule has 0 aromatic carbocycles. The van der Waals surface area contributed by atoms with Gasteiger partial charge >= 0.3 is 6.18 Å². The summed E-state index contributed by atoms with van der Waals surface area (Å²) in [4.78, 5) is 40.7. The van der Waals surface area contributed by atoms with E-state index in [1.807, 2.05) is 11.0 Å². The number of piperazine rings is 1. The molecule has 0 saturated carbocycles. The minimum Gasteiger partial charge on any atom is -0.384 e. The van der Waals surface area contributed by atoms with Crippen molar-refractivity contribution in [2.45, 2.75) is 18.6 Å². The molecule has 7 heterocycles. The van der Waals surface area contributed by atoms with Crippen LogP contribution in [0.2, 0.25) is 0 Å². The first-order valence-corrected chi connectivity index (χ1v) is 15.9. The van der Waals surface area contributed by atoms with Gasteiger partial charge in [-0.1, -0.05) is 6.08 Å². The number of rotatable bonds is 9. The highest BCUT2D eigenvalue weighted by molar-refractivity contribution is 5.91. The van der Waals surface area contributed by atoms with Crippen LogP contribution in [0, 0.1) is 5.41 Å². The van der Waals surface area contributed by atoms with E-state index >= 15 is 0 Å². The highest BCUT2D eigenvalue weighted by atomic mass is 19.4. The van der Waals surface area contributed by atoms with Crippen molar-refractivity contribution >= 4 is 29.0 Å². The number of hydrogen-bond acceptors (Lipinski definition) is 10. The van der Waals surface area contributed by atoms with Crippen LogP contribution in [-0.2, 0) is 27.0 Å². The van der Waals surface area contributed by atoms with Crippen molar-refractivity contribution in [2.75, 3.05) is 89.3 Å². The molecule has 4 aliphatic heterocycles. The van der Waals surface area contributed by atoms with Crippen LogP contribution in [0.5, 0.6) is 0 Å². The van der Waals surface area contributed by atoms with E-state index in [0.29, 0.717) is 70.4 Å². The number of aromatic nitrogens is 4. The van der Waals surface area contributed by atoms with Gasteiger partial charge in [-0.2, -0.15) is 13.2 Å². The average Bonchev–Trinajstić information content (AvgIpc) is 3.40. The zero-order valence-electron chi connectivity index (χ0n) is 26.4. The molecule has 1 spiro atoms. The number of nitrogens with two attached hydrogens (primary N) is 1. The second kappa shape index (κ2) is 12.5. The minimum absolute atomic E-state index is 0.0324. The Morgan fingerprint density at radius 3 is 2.43 bits per heavy atom. The van der Waals surface area contributed by atoms with Gasteiger partial charge in [-0.05, 0) is 17.7 Å². The van der Waals surface area contributed by atoms with Crippen LogP contribution in [0.1, 0.15) is 11.1 Å². The Kier molecular flexibility index (Phi) is 8.43. The van der Waals surface area contributed by atoms with Crippen LogP contribution in [0.25, 0.3) is 16.9 Å². The highest BCUT2D eigenvalue weighted by Gasteiger charge is 2.50. The van der Waals surface area contributed by atoms with Gasteiger partial charge in [-0.15, -0.1) is 5.10 Å². The number of nitrogens with zero attached hydrogens (tertiary/aromatic N) is 8. The Morgan fingerprint density at radius 2 is 1.78 bits per heavy atom. The van der Waals surface area contributed by atoms with Crippen LogP contribution in [0.4, 0.5) is 33.6 Å². The Balaban J connectivity index is 0.992. The zero-order valence-corrected chi connectivity index (χ0v) is 26.4. The van der Waals surface area contributed by atoms with Crippen molar-refractivity contribution in [1.29, 1.82) is 0 Å². The van der Waals surface area contributed by atoms with Gasteiger partial charge in [0.1, 0.15) is 11.3 Å². The Bertz CT molecular complexity index is 1770. The molecule has 0 aliphatic carbocycles. The largest absolute Gasteiger partial charge is 0.417 e. The summed E-state index contributed by atoms with van der Waals surface area (Å²) in [7, 11) is 0. The molecule has 2 amide bonds. The van der Waals surface area contributed by atoms with Crippen molar-refractivity contribution in [3.8, 4) is 11.4 Å². The van der Waals surface area contributed by atoms with E-state index in [2.05, 4.69) is 25.3 Å². The molecular formula is C31H35F5N10O3. The summed E-state index contributed by atoms with van der Waals surface area (Å²) >= 11 is 0. The van der Waals surface area contributed by atoms with Crippen LogP contribution < -0.4 is 16.0 Å². The van der Waals surface area contributed by atoms with Crippen molar-refractivity contribution < 1.29 is 36.3 Å². The summed E-state index contributed by atoms with van der Waals surface area (Å²) in [6.07, 6.45) is 0.867. The minimum atomic E-state index is -4.69. The Labute approximate surface area is 277 Å². The quantitative estimate of drug-likeness (QED) is 0.251. The SMILES string of the molecule is Nc1cc(C(F)(F)F)c(-c2nc(N3CC4(COC4)C3)c3cc(CN4CCN(C(=O)CNC(=O)/C=C/CN5CC(F)(F)C5)CC4)cn3n2)cn1. The third-order valence-electron chi connectivity index (χ3n) is 9.23. The number of halogens is 5. The van der Waals surface area contributed by atoms with Gasteiger partial charge in [0.25, 0.3) is 5.92 Å². The third-order valence-corrected chi connectivity index (χ3v) is 9.23. The van der Waals surface area contributed by atoms with Gasteiger partial charge < -0.3 is 25.6 Å². The van der Waals surface area contributed by atoms with Crippen molar-refractivity contribution in [3.63, 3.8) is 0 Å².